The Balaban J connectivity index is 1.49. The molecule has 0 unspecified atom stereocenters. The van der Waals surface area contributed by atoms with Crippen LogP contribution in [0.4, 0.5) is 51.2 Å². The van der Waals surface area contributed by atoms with Crippen LogP contribution in [-0.2, 0) is 0 Å². The number of hydrogen-bond donors (Lipinski definition) is 0. The lowest BCUT2D eigenvalue weighted by Gasteiger charge is -2.45. The standard InChI is InChI=1S/C46H38BN3/c1-31-15-21-37(22-16-31)49-42-25-19-33(3)27-40(42)47-41-28-34(4)20-26-43(41)50(38-23-17-32(2)18-24-38)45-30-39(29-44(49)46(45)47)48(35-11-7-5-8-12-35)36-13-9-6-10-14-36/h5-30H,1-4H3/i5D,6D,7D,8D,9D,10D,11D,12D,13D,14D. The second kappa shape index (κ2) is 11.9. The molecular weight excluding hydrogens is 605 g/mol. The monoisotopic (exact) mass is 653 g/mol. The average molecular weight is 654 g/mol. The van der Waals surface area contributed by atoms with E-state index in [1.807, 2.05) is 74.5 Å². The molecule has 0 saturated carbocycles. The summed E-state index contributed by atoms with van der Waals surface area (Å²) in [6, 6.07) is 26.7. The van der Waals surface area contributed by atoms with Gasteiger partial charge in [-0.1, -0.05) is 107 Å². The van der Waals surface area contributed by atoms with E-state index in [-0.39, 0.29) is 23.8 Å². The van der Waals surface area contributed by atoms with E-state index >= 15 is 0 Å². The number of para-hydroxylation sites is 2. The first-order valence-electron chi connectivity index (χ1n) is 21.7. The lowest BCUT2D eigenvalue weighted by atomic mass is 9.33. The molecule has 0 aliphatic carbocycles. The van der Waals surface area contributed by atoms with Crippen molar-refractivity contribution in [1.82, 2.24) is 0 Å². The number of anilines is 9. The normalized spacial score (nSPS) is 15.5. The lowest BCUT2D eigenvalue weighted by Crippen LogP contribution is -2.61. The minimum Gasteiger partial charge on any atom is -0.311 e. The van der Waals surface area contributed by atoms with Crippen LogP contribution >= 0.6 is 0 Å². The van der Waals surface area contributed by atoms with Crippen molar-refractivity contribution in [3.8, 4) is 0 Å². The average Bonchev–Trinajstić information content (AvgIpc) is 3.23. The Morgan fingerprint density at radius 2 is 0.840 bits per heavy atom. The first-order chi connectivity index (χ1) is 28.6. The first kappa shape index (κ1) is 21.2. The molecule has 50 heavy (non-hydrogen) atoms. The molecule has 9 rings (SSSR count). The molecule has 2 aliphatic rings. The minimum atomic E-state index is -0.626. The summed E-state index contributed by atoms with van der Waals surface area (Å²) in [6.45, 7) is 7.92. The summed E-state index contributed by atoms with van der Waals surface area (Å²) in [5.74, 6) is 0. The fourth-order valence-corrected chi connectivity index (χ4v) is 7.38. The van der Waals surface area contributed by atoms with E-state index in [9.17, 15) is 5.48 Å². The van der Waals surface area contributed by atoms with E-state index in [0.717, 1.165) is 61.4 Å². The maximum absolute atomic E-state index is 9.22. The van der Waals surface area contributed by atoms with Crippen molar-refractivity contribution in [2.24, 2.45) is 0 Å². The summed E-state index contributed by atoms with van der Waals surface area (Å²) in [5, 5.41) is 0. The second-order valence-electron chi connectivity index (χ2n) is 13.1. The molecule has 0 atom stereocenters. The molecule has 0 fully saturated rings. The van der Waals surface area contributed by atoms with Crippen LogP contribution in [0, 0.1) is 27.7 Å². The molecule has 3 nitrogen and oxygen atoms in total. The summed E-state index contributed by atoms with van der Waals surface area (Å²) >= 11 is 0. The van der Waals surface area contributed by atoms with Gasteiger partial charge in [0, 0.05) is 45.5 Å². The summed E-state index contributed by atoms with van der Waals surface area (Å²) in [5.41, 5.74) is 11.9. The molecule has 0 saturated heterocycles. The zero-order valence-corrected chi connectivity index (χ0v) is 28.2. The quantitative estimate of drug-likeness (QED) is 0.171. The van der Waals surface area contributed by atoms with Gasteiger partial charge in [0.2, 0.25) is 0 Å². The number of fused-ring (bicyclic) bond motifs is 4. The van der Waals surface area contributed by atoms with Crippen molar-refractivity contribution >= 4 is 74.3 Å². The Hall–Kier alpha value is -6.00. The molecule has 0 bridgehead atoms. The zero-order chi connectivity index (χ0) is 42.6. The number of rotatable bonds is 5. The zero-order valence-electron chi connectivity index (χ0n) is 38.2. The Bertz CT molecular complexity index is 2700. The molecule has 0 amide bonds. The van der Waals surface area contributed by atoms with Crippen LogP contribution in [0.5, 0.6) is 0 Å². The third kappa shape index (κ3) is 4.90. The predicted octanol–water partition coefficient (Wildman–Crippen LogP) is 10.5. The highest BCUT2D eigenvalue weighted by Crippen LogP contribution is 2.48. The summed E-state index contributed by atoms with van der Waals surface area (Å²) < 4.78 is 88.6. The van der Waals surface area contributed by atoms with E-state index in [4.69, 9.17) is 8.22 Å². The highest BCUT2D eigenvalue weighted by atomic mass is 15.2. The third-order valence-corrected chi connectivity index (χ3v) is 9.62. The first-order valence-corrected chi connectivity index (χ1v) is 16.7. The summed E-state index contributed by atoms with van der Waals surface area (Å²) in [4.78, 5) is 5.56. The summed E-state index contributed by atoms with van der Waals surface area (Å²) in [7, 11) is 0. The van der Waals surface area contributed by atoms with Crippen molar-refractivity contribution in [3.63, 3.8) is 0 Å². The molecule has 0 N–H and O–H groups in total. The fraction of sp³-hybridized carbons (Fsp3) is 0.0870. The number of aryl methyl sites for hydroxylation is 4. The maximum Gasteiger partial charge on any atom is 0.252 e. The van der Waals surface area contributed by atoms with Gasteiger partial charge in [0.05, 0.1) is 19.4 Å². The van der Waals surface area contributed by atoms with Gasteiger partial charge < -0.3 is 14.7 Å². The van der Waals surface area contributed by atoms with E-state index in [1.54, 1.807) is 0 Å². The van der Waals surface area contributed by atoms with Gasteiger partial charge in [0.15, 0.2) is 0 Å². The van der Waals surface area contributed by atoms with Crippen molar-refractivity contribution in [2.75, 3.05) is 14.7 Å². The van der Waals surface area contributed by atoms with Crippen molar-refractivity contribution in [1.29, 1.82) is 0 Å². The molecule has 0 radical (unpaired) electrons. The lowest BCUT2D eigenvalue weighted by molar-refractivity contribution is 1.22. The van der Waals surface area contributed by atoms with E-state index < -0.39 is 60.4 Å². The summed E-state index contributed by atoms with van der Waals surface area (Å²) in [6.07, 6.45) is 0. The van der Waals surface area contributed by atoms with Gasteiger partial charge in [-0.3, -0.25) is 0 Å². The highest BCUT2D eigenvalue weighted by molar-refractivity contribution is 7.00. The van der Waals surface area contributed by atoms with E-state index in [0.29, 0.717) is 11.4 Å². The van der Waals surface area contributed by atoms with Gasteiger partial charge in [-0.2, -0.15) is 0 Å². The number of nitrogens with zero attached hydrogens (tertiary/aromatic N) is 3. The van der Waals surface area contributed by atoms with Crippen LogP contribution in [-0.4, -0.2) is 6.71 Å². The van der Waals surface area contributed by atoms with Gasteiger partial charge in [-0.25, -0.2) is 0 Å². The van der Waals surface area contributed by atoms with Crippen LogP contribution in [0.1, 0.15) is 36.0 Å². The maximum atomic E-state index is 9.22. The van der Waals surface area contributed by atoms with Crippen molar-refractivity contribution in [2.45, 2.75) is 27.7 Å². The van der Waals surface area contributed by atoms with Gasteiger partial charge in [-0.15, -0.1) is 0 Å². The topological polar surface area (TPSA) is 9.72 Å². The van der Waals surface area contributed by atoms with Crippen LogP contribution in [0.25, 0.3) is 0 Å². The molecule has 240 valence electrons. The molecule has 2 aliphatic heterocycles. The predicted molar refractivity (Wildman–Crippen MR) is 214 cm³/mol. The Morgan fingerprint density at radius 1 is 0.440 bits per heavy atom. The van der Waals surface area contributed by atoms with Crippen LogP contribution in [0.15, 0.2) is 157 Å². The molecule has 0 spiro atoms. The molecule has 7 aromatic carbocycles. The second-order valence-corrected chi connectivity index (χ2v) is 13.1. The van der Waals surface area contributed by atoms with Crippen LogP contribution in [0.2, 0.25) is 0 Å². The minimum absolute atomic E-state index is 0.222. The smallest absolute Gasteiger partial charge is 0.252 e. The molecule has 7 aromatic rings. The Kier molecular flexibility index (Phi) is 5.02. The molecule has 0 aromatic heterocycles. The molecule has 2 heterocycles. The third-order valence-electron chi connectivity index (χ3n) is 9.62. The Morgan fingerprint density at radius 3 is 1.26 bits per heavy atom. The Labute approximate surface area is 309 Å². The largest absolute Gasteiger partial charge is 0.311 e. The van der Waals surface area contributed by atoms with Gasteiger partial charge in [-0.05, 0) is 117 Å². The van der Waals surface area contributed by atoms with Gasteiger partial charge >= 0.3 is 0 Å². The SMILES string of the molecule is [2H]c1c([2H])c([2H])c(N(c2cc3c4c(c2)N(c2ccc(C)cc2)c2ccc(C)cc2B4c2cc(C)ccc2N3c2ccc(C)cc2)c2c([2H])c([2H])c([2H])c([2H])c2[2H])c([2H])c1[2H]. The van der Waals surface area contributed by atoms with Gasteiger partial charge in [0.1, 0.15) is 0 Å². The molecular formula is C46H38BN3. The number of hydrogen-bond acceptors (Lipinski definition) is 3. The van der Waals surface area contributed by atoms with Crippen LogP contribution in [0.3, 0.4) is 0 Å². The van der Waals surface area contributed by atoms with E-state index in [2.05, 4.69) is 60.0 Å². The number of benzene rings is 7. The van der Waals surface area contributed by atoms with Crippen molar-refractivity contribution < 1.29 is 13.7 Å². The molecule has 4 heteroatoms. The fourth-order valence-electron chi connectivity index (χ4n) is 7.38. The van der Waals surface area contributed by atoms with Crippen molar-refractivity contribution in [3.05, 3.63) is 180 Å². The van der Waals surface area contributed by atoms with Gasteiger partial charge in [0.25, 0.3) is 6.71 Å². The van der Waals surface area contributed by atoms with Crippen LogP contribution < -0.4 is 31.1 Å². The highest BCUT2D eigenvalue weighted by Gasteiger charge is 2.44. The van der Waals surface area contributed by atoms with E-state index in [1.165, 1.54) is 4.90 Å².